The molecule has 0 radical (unpaired) electrons. The van der Waals surface area contributed by atoms with Crippen molar-refractivity contribution in [3.05, 3.63) is 77.8 Å². The van der Waals surface area contributed by atoms with E-state index in [0.29, 0.717) is 12.4 Å². The highest BCUT2D eigenvalue weighted by Gasteiger charge is 2.09. The fourth-order valence-corrected chi connectivity index (χ4v) is 2.19. The van der Waals surface area contributed by atoms with Crippen molar-refractivity contribution in [1.82, 2.24) is 20.1 Å². The summed E-state index contributed by atoms with van der Waals surface area (Å²) in [6.07, 6.45) is 5.14. The van der Waals surface area contributed by atoms with Crippen LogP contribution in [-0.2, 0) is 13.1 Å². The summed E-state index contributed by atoms with van der Waals surface area (Å²) in [6.45, 7) is 0.531. The second-order valence-electron chi connectivity index (χ2n) is 4.74. The monoisotopic (exact) mass is 300 g/mol. The van der Waals surface area contributed by atoms with Crippen LogP contribution in [0.15, 0.2) is 55.0 Å². The third-order valence-electron chi connectivity index (χ3n) is 3.27. The summed E-state index contributed by atoms with van der Waals surface area (Å²) < 4.78 is 28.8. The first-order valence-corrected chi connectivity index (χ1v) is 6.83. The zero-order valence-electron chi connectivity index (χ0n) is 11.7. The molecular weight excluding hydrogens is 286 g/mol. The summed E-state index contributed by atoms with van der Waals surface area (Å²) in [4.78, 5) is 4.29. The molecule has 0 aliphatic carbocycles. The van der Waals surface area contributed by atoms with Crippen LogP contribution in [0, 0.1) is 11.6 Å². The average Bonchev–Trinajstić information content (AvgIpc) is 3.05. The van der Waals surface area contributed by atoms with E-state index in [-0.39, 0.29) is 12.1 Å². The number of aromatic nitrogens is 3. The Balaban J connectivity index is 1.73. The first kappa shape index (κ1) is 14.3. The van der Waals surface area contributed by atoms with Gasteiger partial charge in [0.25, 0.3) is 0 Å². The van der Waals surface area contributed by atoms with Gasteiger partial charge in [-0.05, 0) is 24.3 Å². The second-order valence-corrected chi connectivity index (χ2v) is 4.74. The van der Waals surface area contributed by atoms with Gasteiger partial charge in [-0.3, -0.25) is 0 Å². The van der Waals surface area contributed by atoms with E-state index in [2.05, 4.69) is 15.4 Å². The first-order valence-electron chi connectivity index (χ1n) is 6.83. The van der Waals surface area contributed by atoms with Gasteiger partial charge in [0.2, 0.25) is 0 Å². The van der Waals surface area contributed by atoms with Crippen LogP contribution in [0.4, 0.5) is 8.78 Å². The molecule has 0 amide bonds. The van der Waals surface area contributed by atoms with Gasteiger partial charge in [0.05, 0.1) is 0 Å². The lowest BCUT2D eigenvalue weighted by Gasteiger charge is -2.10. The molecule has 2 aromatic heterocycles. The van der Waals surface area contributed by atoms with Crippen LogP contribution >= 0.6 is 0 Å². The summed E-state index contributed by atoms with van der Waals surface area (Å²) in [5, 5.41) is 7.19. The molecule has 4 nitrogen and oxygen atoms in total. The smallest absolute Gasteiger partial charge is 0.157 e. The highest BCUT2D eigenvalue weighted by molar-refractivity contribution is 5.32. The molecule has 22 heavy (non-hydrogen) atoms. The van der Waals surface area contributed by atoms with Crippen LogP contribution in [0.1, 0.15) is 11.1 Å². The van der Waals surface area contributed by atoms with Crippen molar-refractivity contribution in [3.63, 3.8) is 0 Å². The summed E-state index contributed by atoms with van der Waals surface area (Å²) in [7, 11) is 0. The minimum absolute atomic E-state index is 0.0343. The number of nitrogens with one attached hydrogen (secondary N) is 1. The molecule has 3 rings (SSSR count). The predicted octanol–water partition coefficient (Wildman–Crippen LogP) is 2.84. The Morgan fingerprint density at radius 2 is 1.77 bits per heavy atom. The van der Waals surface area contributed by atoms with Gasteiger partial charge in [-0.1, -0.05) is 12.1 Å². The zero-order valence-corrected chi connectivity index (χ0v) is 11.7. The van der Waals surface area contributed by atoms with Crippen LogP contribution in [0.25, 0.3) is 5.82 Å². The van der Waals surface area contributed by atoms with E-state index in [1.165, 1.54) is 18.2 Å². The molecule has 0 spiro atoms. The van der Waals surface area contributed by atoms with Gasteiger partial charge >= 0.3 is 0 Å². The Kier molecular flexibility index (Phi) is 4.20. The molecule has 0 unspecified atom stereocenters. The quantitative estimate of drug-likeness (QED) is 0.788. The number of hydrogen-bond acceptors (Lipinski definition) is 3. The maximum absolute atomic E-state index is 13.6. The van der Waals surface area contributed by atoms with Gasteiger partial charge in [0, 0.05) is 42.8 Å². The standard InChI is InChI=1S/C16H14F2N4/c17-14-5-1-6-15(18)13(14)11-19-10-12-4-2-7-20-16(12)22-9-3-8-21-22/h1-9,19H,10-11H2. The van der Waals surface area contributed by atoms with Crippen molar-refractivity contribution in [2.75, 3.05) is 0 Å². The van der Waals surface area contributed by atoms with Crippen molar-refractivity contribution in [2.45, 2.75) is 13.1 Å². The third kappa shape index (κ3) is 3.01. The average molecular weight is 300 g/mol. The highest BCUT2D eigenvalue weighted by atomic mass is 19.1. The van der Waals surface area contributed by atoms with Gasteiger partial charge in [-0.15, -0.1) is 0 Å². The van der Waals surface area contributed by atoms with E-state index in [1.54, 1.807) is 29.3 Å². The molecule has 0 fully saturated rings. The van der Waals surface area contributed by atoms with Gasteiger partial charge in [-0.25, -0.2) is 18.4 Å². The Bertz CT molecular complexity index is 736. The van der Waals surface area contributed by atoms with E-state index in [4.69, 9.17) is 0 Å². The molecule has 6 heteroatoms. The number of nitrogens with zero attached hydrogens (tertiary/aromatic N) is 3. The molecular formula is C16H14F2N4. The largest absolute Gasteiger partial charge is 0.308 e. The maximum atomic E-state index is 13.6. The molecule has 0 atom stereocenters. The van der Waals surface area contributed by atoms with E-state index in [9.17, 15) is 8.78 Å². The minimum Gasteiger partial charge on any atom is -0.308 e. The fourth-order valence-electron chi connectivity index (χ4n) is 2.19. The molecule has 0 saturated heterocycles. The van der Waals surface area contributed by atoms with Crippen LogP contribution in [0.3, 0.4) is 0 Å². The molecule has 0 aliphatic heterocycles. The van der Waals surface area contributed by atoms with Gasteiger partial charge in [-0.2, -0.15) is 5.10 Å². The van der Waals surface area contributed by atoms with E-state index in [0.717, 1.165) is 5.56 Å². The van der Waals surface area contributed by atoms with Crippen molar-refractivity contribution in [3.8, 4) is 5.82 Å². The molecule has 1 N–H and O–H groups in total. The molecule has 112 valence electrons. The summed E-state index contributed by atoms with van der Waals surface area (Å²) in [5.74, 6) is -0.411. The van der Waals surface area contributed by atoms with Crippen molar-refractivity contribution in [1.29, 1.82) is 0 Å². The van der Waals surface area contributed by atoms with Crippen LogP contribution in [-0.4, -0.2) is 14.8 Å². The predicted molar refractivity (Wildman–Crippen MR) is 78.3 cm³/mol. The number of hydrogen-bond donors (Lipinski definition) is 1. The van der Waals surface area contributed by atoms with E-state index in [1.807, 2.05) is 12.1 Å². The van der Waals surface area contributed by atoms with Crippen molar-refractivity contribution >= 4 is 0 Å². The summed E-state index contributed by atoms with van der Waals surface area (Å²) >= 11 is 0. The SMILES string of the molecule is Fc1cccc(F)c1CNCc1cccnc1-n1cccn1. The summed E-state index contributed by atoms with van der Waals surface area (Å²) in [6, 6.07) is 9.37. The van der Waals surface area contributed by atoms with E-state index < -0.39 is 11.6 Å². The number of rotatable bonds is 5. The Morgan fingerprint density at radius 1 is 0.955 bits per heavy atom. The van der Waals surface area contributed by atoms with Gasteiger partial charge < -0.3 is 5.32 Å². The lowest BCUT2D eigenvalue weighted by atomic mass is 10.2. The highest BCUT2D eigenvalue weighted by Crippen LogP contribution is 2.13. The lowest BCUT2D eigenvalue weighted by Crippen LogP contribution is -2.17. The molecule has 0 aliphatic rings. The molecule has 2 heterocycles. The van der Waals surface area contributed by atoms with Crippen molar-refractivity contribution in [2.24, 2.45) is 0 Å². The third-order valence-corrected chi connectivity index (χ3v) is 3.27. The fraction of sp³-hybridized carbons (Fsp3) is 0.125. The first-order chi connectivity index (χ1) is 10.8. The summed E-state index contributed by atoms with van der Waals surface area (Å²) in [5.41, 5.74) is 0.926. The number of halogens is 2. The molecule has 1 aromatic carbocycles. The topological polar surface area (TPSA) is 42.7 Å². The Hall–Kier alpha value is -2.60. The maximum Gasteiger partial charge on any atom is 0.157 e. The van der Waals surface area contributed by atoms with Crippen LogP contribution in [0.2, 0.25) is 0 Å². The van der Waals surface area contributed by atoms with E-state index >= 15 is 0 Å². The minimum atomic E-state index is -0.550. The van der Waals surface area contributed by atoms with Crippen LogP contribution < -0.4 is 5.32 Å². The molecule has 0 bridgehead atoms. The Morgan fingerprint density at radius 3 is 2.50 bits per heavy atom. The van der Waals surface area contributed by atoms with Gasteiger partial charge in [0.1, 0.15) is 11.6 Å². The van der Waals surface area contributed by atoms with Crippen LogP contribution in [0.5, 0.6) is 0 Å². The molecule has 0 saturated carbocycles. The zero-order chi connectivity index (χ0) is 15.4. The second kappa shape index (κ2) is 6.44. The Labute approximate surface area is 126 Å². The van der Waals surface area contributed by atoms with Gasteiger partial charge in [0.15, 0.2) is 5.82 Å². The van der Waals surface area contributed by atoms with Crippen molar-refractivity contribution < 1.29 is 8.78 Å². The molecule has 3 aromatic rings. The lowest BCUT2D eigenvalue weighted by molar-refractivity contribution is 0.535. The normalized spacial score (nSPS) is 10.8. The number of benzene rings is 1. The number of pyridine rings is 1.